The molecule has 0 aromatic carbocycles. The van der Waals surface area contributed by atoms with Crippen molar-refractivity contribution in [1.29, 1.82) is 5.26 Å². The molecule has 0 saturated heterocycles. The monoisotopic (exact) mass is 338 g/mol. The van der Waals surface area contributed by atoms with Crippen LogP contribution in [0, 0.1) is 18.3 Å². The van der Waals surface area contributed by atoms with Gasteiger partial charge in [0.15, 0.2) is 0 Å². The van der Waals surface area contributed by atoms with Crippen molar-refractivity contribution in [3.63, 3.8) is 0 Å². The zero-order chi connectivity index (χ0) is 13.1. The topological polar surface area (TPSA) is 36.7 Å². The minimum absolute atomic E-state index is 0.466. The van der Waals surface area contributed by atoms with E-state index in [4.69, 9.17) is 11.6 Å². The highest BCUT2D eigenvalue weighted by Gasteiger charge is 2.12. The average Bonchev–Trinajstić information content (AvgIpc) is 2.72. The molecule has 0 aliphatic carbocycles. The zero-order valence-corrected chi connectivity index (χ0v) is 12.6. The van der Waals surface area contributed by atoms with Gasteiger partial charge in [0.1, 0.15) is 6.07 Å². The molecule has 2 heterocycles. The van der Waals surface area contributed by atoms with Gasteiger partial charge in [0.05, 0.1) is 14.4 Å². The summed E-state index contributed by atoms with van der Waals surface area (Å²) in [6.07, 6.45) is 3.29. The molecule has 0 fully saturated rings. The fourth-order valence-corrected chi connectivity index (χ4v) is 3.25. The standard InChI is InChI=1S/C13H8BrClN2S/c1-8-6-11(18-13(8)14)12(15)10(7-16)9-2-4-17-5-3-9/h2-6H,1H3/b12-10+. The Hall–Kier alpha value is -1.15. The molecule has 5 heteroatoms. The molecule has 0 aliphatic heterocycles. The molecule has 0 aliphatic rings. The molecule has 0 atom stereocenters. The van der Waals surface area contributed by atoms with Gasteiger partial charge in [0.25, 0.3) is 0 Å². The fraction of sp³-hybridized carbons (Fsp3) is 0.0769. The fourth-order valence-electron chi connectivity index (χ4n) is 1.45. The normalized spacial score (nSPS) is 11.9. The van der Waals surface area contributed by atoms with E-state index in [0.717, 1.165) is 19.8 Å². The quantitative estimate of drug-likeness (QED) is 0.734. The lowest BCUT2D eigenvalue weighted by atomic mass is 10.1. The Kier molecular flexibility index (Phi) is 4.18. The Bertz CT molecular complexity index is 621. The molecule has 2 nitrogen and oxygen atoms in total. The Morgan fingerprint density at radius 1 is 1.44 bits per heavy atom. The molecule has 90 valence electrons. The van der Waals surface area contributed by atoms with E-state index < -0.39 is 0 Å². The predicted molar refractivity (Wildman–Crippen MR) is 79.3 cm³/mol. The van der Waals surface area contributed by atoms with Crippen LogP contribution in [0.2, 0.25) is 0 Å². The maximum atomic E-state index is 9.27. The molecule has 2 aromatic rings. The first-order chi connectivity index (χ1) is 8.63. The van der Waals surface area contributed by atoms with Crippen molar-refractivity contribution in [3.8, 4) is 6.07 Å². The van der Waals surface area contributed by atoms with Crippen LogP contribution < -0.4 is 0 Å². The summed E-state index contributed by atoms with van der Waals surface area (Å²) in [5.74, 6) is 0. The first kappa shape index (κ1) is 13.3. The van der Waals surface area contributed by atoms with Crippen molar-refractivity contribution in [1.82, 2.24) is 4.98 Å². The lowest BCUT2D eigenvalue weighted by Crippen LogP contribution is -1.84. The predicted octanol–water partition coefficient (Wildman–Crippen LogP) is 4.84. The Morgan fingerprint density at radius 2 is 2.11 bits per heavy atom. The Morgan fingerprint density at radius 3 is 2.61 bits per heavy atom. The summed E-state index contributed by atoms with van der Waals surface area (Å²) in [6, 6.07) is 7.67. The van der Waals surface area contributed by atoms with Crippen LogP contribution in [0.15, 0.2) is 34.4 Å². The molecule has 0 N–H and O–H groups in total. The number of nitriles is 1. The molecule has 2 rings (SSSR count). The minimum atomic E-state index is 0.466. The summed E-state index contributed by atoms with van der Waals surface area (Å²) in [5.41, 5.74) is 2.35. The van der Waals surface area contributed by atoms with Gasteiger partial charge >= 0.3 is 0 Å². The number of allylic oxidation sites excluding steroid dienone is 1. The van der Waals surface area contributed by atoms with Crippen molar-refractivity contribution in [3.05, 3.63) is 50.4 Å². The van der Waals surface area contributed by atoms with E-state index in [1.165, 1.54) is 11.3 Å². The summed E-state index contributed by atoms with van der Waals surface area (Å²) in [7, 11) is 0. The second-order valence-corrected chi connectivity index (χ2v) is 6.35. The summed E-state index contributed by atoms with van der Waals surface area (Å²) in [4.78, 5) is 4.82. The third kappa shape index (κ3) is 2.64. The number of hydrogen-bond acceptors (Lipinski definition) is 3. The Labute approximate surface area is 123 Å². The number of rotatable bonds is 2. The Balaban J connectivity index is 2.55. The average molecular weight is 340 g/mol. The van der Waals surface area contributed by atoms with Gasteiger partial charge in [-0.25, -0.2) is 0 Å². The van der Waals surface area contributed by atoms with Gasteiger partial charge < -0.3 is 0 Å². The van der Waals surface area contributed by atoms with Crippen LogP contribution in [0.25, 0.3) is 10.6 Å². The SMILES string of the molecule is Cc1cc(/C(Cl)=C(/C#N)c2ccncc2)sc1Br. The van der Waals surface area contributed by atoms with Crippen molar-refractivity contribution in [2.45, 2.75) is 6.92 Å². The maximum Gasteiger partial charge on any atom is 0.101 e. The molecule has 0 bridgehead atoms. The minimum Gasteiger partial charge on any atom is -0.265 e. The van der Waals surface area contributed by atoms with Crippen LogP contribution in [0.5, 0.6) is 0 Å². The second-order valence-electron chi connectivity index (χ2n) is 3.60. The highest BCUT2D eigenvalue weighted by molar-refractivity contribution is 9.11. The van der Waals surface area contributed by atoms with E-state index in [9.17, 15) is 5.26 Å². The van der Waals surface area contributed by atoms with Crippen molar-refractivity contribution in [2.24, 2.45) is 0 Å². The van der Waals surface area contributed by atoms with Crippen LogP contribution >= 0.6 is 38.9 Å². The van der Waals surface area contributed by atoms with Gasteiger partial charge in [-0.3, -0.25) is 4.98 Å². The number of thiophene rings is 1. The van der Waals surface area contributed by atoms with Gasteiger partial charge in [-0.1, -0.05) is 11.6 Å². The first-order valence-corrected chi connectivity index (χ1v) is 7.09. The van der Waals surface area contributed by atoms with Crippen molar-refractivity contribution < 1.29 is 0 Å². The van der Waals surface area contributed by atoms with Crippen molar-refractivity contribution in [2.75, 3.05) is 0 Å². The van der Waals surface area contributed by atoms with E-state index in [0.29, 0.717) is 10.6 Å². The van der Waals surface area contributed by atoms with E-state index in [1.54, 1.807) is 24.5 Å². The molecule has 0 amide bonds. The van der Waals surface area contributed by atoms with Gasteiger partial charge in [-0.15, -0.1) is 11.3 Å². The molecule has 2 aromatic heterocycles. The van der Waals surface area contributed by atoms with Gasteiger partial charge in [-0.05, 0) is 52.2 Å². The molecule has 0 radical (unpaired) electrons. The highest BCUT2D eigenvalue weighted by Crippen LogP contribution is 2.37. The van der Waals surface area contributed by atoms with Gasteiger partial charge in [0.2, 0.25) is 0 Å². The highest BCUT2D eigenvalue weighted by atomic mass is 79.9. The number of aryl methyl sites for hydroxylation is 1. The van der Waals surface area contributed by atoms with E-state index in [2.05, 4.69) is 27.0 Å². The molecular weight excluding hydrogens is 332 g/mol. The zero-order valence-electron chi connectivity index (χ0n) is 9.45. The summed E-state index contributed by atoms with van der Waals surface area (Å²) in [6.45, 7) is 1.99. The maximum absolute atomic E-state index is 9.27. The first-order valence-electron chi connectivity index (χ1n) is 5.10. The molecular formula is C13H8BrClN2S. The van der Waals surface area contributed by atoms with Crippen LogP contribution in [0.3, 0.4) is 0 Å². The molecule has 0 saturated carbocycles. The summed E-state index contributed by atoms with van der Waals surface area (Å²) >= 11 is 11.3. The van der Waals surface area contributed by atoms with Crippen molar-refractivity contribution >= 4 is 49.5 Å². The van der Waals surface area contributed by atoms with Gasteiger partial charge in [-0.2, -0.15) is 5.26 Å². The number of aromatic nitrogens is 1. The smallest absolute Gasteiger partial charge is 0.101 e. The van der Waals surface area contributed by atoms with E-state index in [-0.39, 0.29) is 0 Å². The molecule has 18 heavy (non-hydrogen) atoms. The van der Waals surface area contributed by atoms with Gasteiger partial charge in [0, 0.05) is 17.3 Å². The third-order valence-electron chi connectivity index (χ3n) is 2.37. The molecule has 0 spiro atoms. The molecule has 0 unspecified atom stereocenters. The number of nitrogens with zero attached hydrogens (tertiary/aromatic N) is 2. The van der Waals surface area contributed by atoms with E-state index >= 15 is 0 Å². The number of hydrogen-bond donors (Lipinski definition) is 0. The summed E-state index contributed by atoms with van der Waals surface area (Å²) < 4.78 is 1.03. The number of halogens is 2. The number of pyridine rings is 1. The van der Waals surface area contributed by atoms with Crippen LogP contribution in [0.1, 0.15) is 16.0 Å². The largest absolute Gasteiger partial charge is 0.265 e. The van der Waals surface area contributed by atoms with Crippen LogP contribution in [-0.4, -0.2) is 4.98 Å². The van der Waals surface area contributed by atoms with Crippen LogP contribution in [-0.2, 0) is 0 Å². The lowest BCUT2D eigenvalue weighted by molar-refractivity contribution is 1.32. The van der Waals surface area contributed by atoms with Crippen LogP contribution in [0.4, 0.5) is 0 Å². The summed E-state index contributed by atoms with van der Waals surface area (Å²) in [5, 5.41) is 9.74. The second kappa shape index (κ2) is 5.66. The lowest BCUT2D eigenvalue weighted by Gasteiger charge is -2.01. The third-order valence-corrected chi connectivity index (χ3v) is 5.03. The van der Waals surface area contributed by atoms with E-state index in [1.807, 2.05) is 13.0 Å².